The van der Waals surface area contributed by atoms with Crippen molar-refractivity contribution in [3.8, 4) is 0 Å². The summed E-state index contributed by atoms with van der Waals surface area (Å²) >= 11 is 1.59. The van der Waals surface area contributed by atoms with Crippen LogP contribution < -0.4 is 0 Å². The van der Waals surface area contributed by atoms with E-state index in [-0.39, 0.29) is 5.91 Å². The van der Waals surface area contributed by atoms with Gasteiger partial charge in [0.25, 0.3) is 0 Å². The molecular formula is C17H23N3OS. The zero-order valence-corrected chi connectivity index (χ0v) is 13.7. The number of amides is 1. The molecule has 2 saturated heterocycles. The second-order valence-corrected chi connectivity index (χ2v) is 6.74. The Balaban J connectivity index is 1.66. The third-order valence-electron chi connectivity index (χ3n) is 4.14. The summed E-state index contributed by atoms with van der Waals surface area (Å²) < 4.78 is 0. The molecule has 0 aromatic heterocycles. The van der Waals surface area contributed by atoms with E-state index < -0.39 is 0 Å². The number of amidine groups is 1. The summed E-state index contributed by atoms with van der Waals surface area (Å²) in [4.78, 5) is 21.3. The van der Waals surface area contributed by atoms with Gasteiger partial charge in [0.05, 0.1) is 11.4 Å². The first-order chi connectivity index (χ1) is 10.8. The third kappa shape index (κ3) is 4.03. The lowest BCUT2D eigenvalue weighted by atomic mass is 10.3. The highest BCUT2D eigenvalue weighted by atomic mass is 32.2. The van der Waals surface area contributed by atoms with E-state index in [1.807, 2.05) is 35.2 Å². The molecule has 2 aliphatic heterocycles. The lowest BCUT2D eigenvalue weighted by Gasteiger charge is -2.21. The number of para-hydroxylation sites is 1. The number of thioether (sulfide) groups is 1. The largest absolute Gasteiger partial charge is 0.351 e. The molecule has 0 radical (unpaired) electrons. The van der Waals surface area contributed by atoms with E-state index in [1.54, 1.807) is 11.8 Å². The zero-order chi connectivity index (χ0) is 15.2. The van der Waals surface area contributed by atoms with Crippen molar-refractivity contribution in [2.75, 3.05) is 31.9 Å². The number of nitrogens with zero attached hydrogens (tertiary/aromatic N) is 3. The summed E-state index contributed by atoms with van der Waals surface area (Å²) in [6.07, 6.45) is 4.73. The van der Waals surface area contributed by atoms with Crippen molar-refractivity contribution in [3.63, 3.8) is 0 Å². The van der Waals surface area contributed by atoms with Crippen LogP contribution in [0.5, 0.6) is 0 Å². The Bertz CT molecular complexity index is 520. The number of rotatable bonds is 3. The lowest BCUT2D eigenvalue weighted by Crippen LogP contribution is -2.31. The zero-order valence-electron chi connectivity index (χ0n) is 12.9. The predicted molar refractivity (Wildman–Crippen MR) is 92.6 cm³/mol. The molecule has 0 N–H and O–H groups in total. The second kappa shape index (κ2) is 7.68. The van der Waals surface area contributed by atoms with Gasteiger partial charge >= 0.3 is 0 Å². The van der Waals surface area contributed by atoms with Crippen LogP contribution in [0.2, 0.25) is 0 Å². The van der Waals surface area contributed by atoms with E-state index >= 15 is 0 Å². The van der Waals surface area contributed by atoms with Crippen LogP contribution in [0.1, 0.15) is 25.7 Å². The minimum atomic E-state index is 0.252. The van der Waals surface area contributed by atoms with Crippen LogP contribution in [0.15, 0.2) is 35.3 Å². The minimum absolute atomic E-state index is 0.252. The fraction of sp³-hybridized carbons (Fsp3) is 0.529. The van der Waals surface area contributed by atoms with Crippen LogP contribution in [-0.4, -0.2) is 52.8 Å². The molecule has 2 heterocycles. The Morgan fingerprint density at radius 3 is 2.18 bits per heavy atom. The number of hydrogen-bond donors (Lipinski definition) is 0. The van der Waals surface area contributed by atoms with Gasteiger partial charge < -0.3 is 9.80 Å². The van der Waals surface area contributed by atoms with E-state index in [9.17, 15) is 4.79 Å². The topological polar surface area (TPSA) is 35.9 Å². The van der Waals surface area contributed by atoms with E-state index in [4.69, 9.17) is 4.99 Å². The summed E-state index contributed by atoms with van der Waals surface area (Å²) in [5, 5.41) is 0.997. The molecule has 3 rings (SSSR count). The van der Waals surface area contributed by atoms with Gasteiger partial charge in [0.1, 0.15) is 0 Å². The molecule has 2 fully saturated rings. The minimum Gasteiger partial charge on any atom is -0.351 e. The first kappa shape index (κ1) is 15.4. The van der Waals surface area contributed by atoms with Crippen molar-refractivity contribution >= 4 is 28.5 Å². The molecule has 1 aromatic rings. The first-order valence-corrected chi connectivity index (χ1v) is 9.11. The molecule has 0 spiro atoms. The molecule has 118 valence electrons. The number of likely N-dealkylation sites (tertiary alicyclic amines) is 2. The standard InChI is InChI=1S/C17H23N3OS/c21-16(19-10-4-5-11-19)14-22-17(20-12-6-7-13-20)18-15-8-2-1-3-9-15/h1-3,8-9H,4-7,10-14H2. The second-order valence-electron chi connectivity index (χ2n) is 5.80. The monoisotopic (exact) mass is 317 g/mol. The van der Waals surface area contributed by atoms with Gasteiger partial charge in [0.2, 0.25) is 5.91 Å². The average molecular weight is 317 g/mol. The molecule has 0 atom stereocenters. The van der Waals surface area contributed by atoms with E-state index in [0.717, 1.165) is 49.9 Å². The smallest absolute Gasteiger partial charge is 0.233 e. The highest BCUT2D eigenvalue weighted by Crippen LogP contribution is 2.21. The molecule has 4 nitrogen and oxygen atoms in total. The Kier molecular flexibility index (Phi) is 5.38. The lowest BCUT2D eigenvalue weighted by molar-refractivity contribution is -0.127. The van der Waals surface area contributed by atoms with Crippen molar-refractivity contribution in [1.82, 2.24) is 9.80 Å². The predicted octanol–water partition coefficient (Wildman–Crippen LogP) is 3.13. The molecule has 0 saturated carbocycles. The van der Waals surface area contributed by atoms with Gasteiger partial charge in [-0.3, -0.25) is 4.79 Å². The molecule has 2 aliphatic rings. The van der Waals surface area contributed by atoms with Gasteiger partial charge in [-0.1, -0.05) is 30.0 Å². The molecular weight excluding hydrogens is 294 g/mol. The fourth-order valence-electron chi connectivity index (χ4n) is 2.90. The summed E-state index contributed by atoms with van der Waals surface area (Å²) in [6, 6.07) is 10.0. The van der Waals surface area contributed by atoms with Gasteiger partial charge in [-0.15, -0.1) is 0 Å². The summed E-state index contributed by atoms with van der Waals surface area (Å²) in [5.74, 6) is 0.754. The molecule has 0 unspecified atom stereocenters. The maximum Gasteiger partial charge on any atom is 0.233 e. The highest BCUT2D eigenvalue weighted by Gasteiger charge is 2.21. The summed E-state index contributed by atoms with van der Waals surface area (Å²) in [7, 11) is 0. The summed E-state index contributed by atoms with van der Waals surface area (Å²) in [6.45, 7) is 3.95. The van der Waals surface area contributed by atoms with Crippen LogP contribution in [0, 0.1) is 0 Å². The first-order valence-electron chi connectivity index (χ1n) is 8.12. The normalized spacial score (nSPS) is 19.0. The van der Waals surface area contributed by atoms with Gasteiger partial charge in [-0.2, -0.15) is 0 Å². The molecule has 0 aliphatic carbocycles. The van der Waals surface area contributed by atoms with Crippen LogP contribution in [0.3, 0.4) is 0 Å². The SMILES string of the molecule is O=C(CSC(=Nc1ccccc1)N1CCCC1)N1CCCC1. The molecule has 1 amide bonds. The van der Waals surface area contributed by atoms with Gasteiger partial charge in [0, 0.05) is 26.2 Å². The van der Waals surface area contributed by atoms with Crippen LogP contribution in [-0.2, 0) is 4.79 Å². The van der Waals surface area contributed by atoms with Crippen LogP contribution >= 0.6 is 11.8 Å². The Morgan fingerprint density at radius 1 is 0.955 bits per heavy atom. The van der Waals surface area contributed by atoms with E-state index in [0.29, 0.717) is 5.75 Å². The maximum atomic E-state index is 12.2. The van der Waals surface area contributed by atoms with Crippen molar-refractivity contribution in [2.45, 2.75) is 25.7 Å². The highest BCUT2D eigenvalue weighted by molar-refractivity contribution is 8.14. The van der Waals surface area contributed by atoms with E-state index in [2.05, 4.69) is 4.90 Å². The number of carbonyl (C=O) groups excluding carboxylic acids is 1. The van der Waals surface area contributed by atoms with Crippen LogP contribution in [0.25, 0.3) is 0 Å². The number of aliphatic imine (C=N–C) groups is 1. The molecule has 1 aromatic carbocycles. The fourth-order valence-corrected chi connectivity index (χ4v) is 3.87. The Hall–Kier alpha value is -1.49. The molecule has 5 heteroatoms. The average Bonchev–Trinajstić information content (AvgIpc) is 3.24. The third-order valence-corrected chi connectivity index (χ3v) is 5.14. The Morgan fingerprint density at radius 2 is 1.55 bits per heavy atom. The van der Waals surface area contributed by atoms with Crippen molar-refractivity contribution in [3.05, 3.63) is 30.3 Å². The van der Waals surface area contributed by atoms with Crippen LogP contribution in [0.4, 0.5) is 5.69 Å². The number of benzene rings is 1. The number of hydrogen-bond acceptors (Lipinski definition) is 3. The maximum absolute atomic E-state index is 12.2. The van der Waals surface area contributed by atoms with Crippen molar-refractivity contribution < 1.29 is 4.79 Å². The van der Waals surface area contributed by atoms with E-state index in [1.165, 1.54) is 12.8 Å². The summed E-state index contributed by atoms with van der Waals surface area (Å²) in [5.41, 5.74) is 0.963. The Labute approximate surface area is 136 Å². The van der Waals surface area contributed by atoms with Crippen molar-refractivity contribution in [2.24, 2.45) is 4.99 Å². The van der Waals surface area contributed by atoms with Gasteiger partial charge in [-0.25, -0.2) is 4.99 Å². The number of carbonyl (C=O) groups is 1. The van der Waals surface area contributed by atoms with Crippen molar-refractivity contribution in [1.29, 1.82) is 0 Å². The van der Waals surface area contributed by atoms with Gasteiger partial charge in [0.15, 0.2) is 5.17 Å². The quantitative estimate of drug-likeness (QED) is 0.635. The van der Waals surface area contributed by atoms with Gasteiger partial charge in [-0.05, 0) is 37.8 Å². The molecule has 22 heavy (non-hydrogen) atoms. The molecule has 0 bridgehead atoms.